The van der Waals surface area contributed by atoms with E-state index in [1.165, 1.54) is 6.08 Å². The van der Waals surface area contributed by atoms with Gasteiger partial charge in [0.15, 0.2) is 0 Å². The maximum Gasteiger partial charge on any atom is 0.338 e. The van der Waals surface area contributed by atoms with E-state index in [0.29, 0.717) is 0 Å². The highest BCUT2D eigenvalue weighted by atomic mass is 16.6. The van der Waals surface area contributed by atoms with Crippen molar-refractivity contribution >= 4 is 23.8 Å². The topological polar surface area (TPSA) is 93.3 Å². The van der Waals surface area contributed by atoms with Gasteiger partial charge < -0.3 is 5.11 Å². The van der Waals surface area contributed by atoms with Gasteiger partial charge in [0.1, 0.15) is 6.20 Å². The van der Waals surface area contributed by atoms with Crippen molar-refractivity contribution in [2.75, 3.05) is 0 Å². The van der Waals surface area contributed by atoms with Gasteiger partial charge in [-0.1, -0.05) is 60.7 Å². The van der Waals surface area contributed by atoms with Crippen molar-refractivity contribution in [3.8, 4) is 11.1 Å². The molecule has 128 valence electrons. The van der Waals surface area contributed by atoms with Crippen LogP contribution in [0.4, 0.5) is 5.69 Å². The SMILES string of the molecule is O=C(O)c1cc([N+](=O)[O-])cnc1/C=C/c1ccc(-c2ccccc2)cc1. The lowest BCUT2D eigenvalue weighted by Gasteiger charge is -2.02. The summed E-state index contributed by atoms with van der Waals surface area (Å²) in [7, 11) is 0. The van der Waals surface area contributed by atoms with Crippen molar-refractivity contribution in [2.45, 2.75) is 0 Å². The number of carboxylic acids is 1. The molecule has 1 aromatic heterocycles. The minimum Gasteiger partial charge on any atom is -0.478 e. The minimum atomic E-state index is -1.26. The molecule has 0 amide bonds. The molecular formula is C20H14N2O4. The summed E-state index contributed by atoms with van der Waals surface area (Å²) in [6.45, 7) is 0. The quantitative estimate of drug-likeness (QED) is 0.541. The van der Waals surface area contributed by atoms with Gasteiger partial charge in [-0.2, -0.15) is 0 Å². The lowest BCUT2D eigenvalue weighted by atomic mass is 10.0. The number of pyridine rings is 1. The summed E-state index contributed by atoms with van der Waals surface area (Å²) in [5, 5.41) is 20.0. The molecule has 0 radical (unpaired) electrons. The number of hydrogen-bond acceptors (Lipinski definition) is 4. The first-order chi connectivity index (χ1) is 12.5. The summed E-state index contributed by atoms with van der Waals surface area (Å²) in [5.41, 5.74) is 2.63. The summed E-state index contributed by atoms with van der Waals surface area (Å²) in [5.74, 6) is -1.26. The zero-order chi connectivity index (χ0) is 18.5. The highest BCUT2D eigenvalue weighted by Gasteiger charge is 2.15. The lowest BCUT2D eigenvalue weighted by molar-refractivity contribution is -0.385. The first-order valence-corrected chi connectivity index (χ1v) is 7.76. The van der Waals surface area contributed by atoms with Crippen LogP contribution in [0.25, 0.3) is 23.3 Å². The number of aromatic nitrogens is 1. The molecule has 0 aliphatic heterocycles. The number of rotatable bonds is 5. The Hall–Kier alpha value is -3.80. The third kappa shape index (κ3) is 3.81. The number of nitrogens with zero attached hydrogens (tertiary/aromatic N) is 2. The van der Waals surface area contributed by atoms with Gasteiger partial charge in [0, 0.05) is 6.07 Å². The Kier molecular flexibility index (Phi) is 4.85. The first-order valence-electron chi connectivity index (χ1n) is 7.76. The normalized spacial score (nSPS) is 10.8. The highest BCUT2D eigenvalue weighted by molar-refractivity contribution is 5.93. The molecule has 0 spiro atoms. The maximum absolute atomic E-state index is 11.3. The van der Waals surface area contributed by atoms with Gasteiger partial charge in [-0.15, -0.1) is 0 Å². The van der Waals surface area contributed by atoms with Crippen LogP contribution in [0.5, 0.6) is 0 Å². The Morgan fingerprint density at radius 2 is 1.65 bits per heavy atom. The van der Waals surface area contributed by atoms with E-state index in [-0.39, 0.29) is 16.9 Å². The van der Waals surface area contributed by atoms with Gasteiger partial charge in [-0.3, -0.25) is 10.1 Å². The standard InChI is InChI=1S/C20H14N2O4/c23-20(24)18-12-17(22(25)26)13-21-19(18)11-8-14-6-9-16(10-7-14)15-4-2-1-3-5-15/h1-13H,(H,23,24)/b11-8+. The number of nitro groups is 1. The Balaban J connectivity index is 1.86. The van der Waals surface area contributed by atoms with Crippen molar-refractivity contribution in [1.82, 2.24) is 4.98 Å². The van der Waals surface area contributed by atoms with E-state index in [1.54, 1.807) is 6.08 Å². The Bertz CT molecular complexity index is 980. The third-order valence-electron chi connectivity index (χ3n) is 3.80. The fourth-order valence-corrected chi connectivity index (χ4v) is 2.46. The summed E-state index contributed by atoms with van der Waals surface area (Å²) >= 11 is 0. The van der Waals surface area contributed by atoms with Crippen LogP contribution < -0.4 is 0 Å². The molecule has 1 heterocycles. The fourth-order valence-electron chi connectivity index (χ4n) is 2.46. The predicted molar refractivity (Wildman–Crippen MR) is 98.7 cm³/mol. The molecule has 26 heavy (non-hydrogen) atoms. The second-order valence-corrected chi connectivity index (χ2v) is 5.51. The molecule has 3 aromatic rings. The van der Waals surface area contributed by atoms with Crippen molar-refractivity contribution < 1.29 is 14.8 Å². The van der Waals surface area contributed by atoms with Crippen LogP contribution in [0, 0.1) is 10.1 Å². The molecule has 0 saturated heterocycles. The van der Waals surface area contributed by atoms with E-state index in [0.717, 1.165) is 29.0 Å². The van der Waals surface area contributed by atoms with E-state index in [1.807, 2.05) is 54.6 Å². The molecule has 0 fully saturated rings. The molecule has 6 nitrogen and oxygen atoms in total. The minimum absolute atomic E-state index is 0.162. The lowest BCUT2D eigenvalue weighted by Crippen LogP contribution is -2.03. The van der Waals surface area contributed by atoms with E-state index in [2.05, 4.69) is 4.98 Å². The summed E-state index contributed by atoms with van der Waals surface area (Å²) in [6.07, 6.45) is 4.30. The third-order valence-corrected chi connectivity index (χ3v) is 3.80. The van der Waals surface area contributed by atoms with Crippen LogP contribution in [-0.2, 0) is 0 Å². The van der Waals surface area contributed by atoms with Crippen molar-refractivity contribution in [1.29, 1.82) is 0 Å². The van der Waals surface area contributed by atoms with Gasteiger partial charge >= 0.3 is 5.97 Å². The molecule has 2 aromatic carbocycles. The monoisotopic (exact) mass is 346 g/mol. The van der Waals surface area contributed by atoms with Crippen LogP contribution in [0.15, 0.2) is 66.9 Å². The van der Waals surface area contributed by atoms with Gasteiger partial charge in [0.05, 0.1) is 16.2 Å². The number of benzene rings is 2. The predicted octanol–water partition coefficient (Wildman–Crippen LogP) is 4.53. The Morgan fingerprint density at radius 3 is 2.27 bits per heavy atom. The molecule has 0 saturated carbocycles. The van der Waals surface area contributed by atoms with Crippen LogP contribution in [0.2, 0.25) is 0 Å². The second kappa shape index (κ2) is 7.40. The van der Waals surface area contributed by atoms with Gasteiger partial charge in [0.25, 0.3) is 5.69 Å². The zero-order valence-electron chi connectivity index (χ0n) is 13.6. The van der Waals surface area contributed by atoms with Gasteiger partial charge in [0.2, 0.25) is 0 Å². The summed E-state index contributed by atoms with van der Waals surface area (Å²) in [6, 6.07) is 18.7. The molecule has 0 aliphatic carbocycles. The van der Waals surface area contributed by atoms with Crippen LogP contribution in [0.3, 0.4) is 0 Å². The molecule has 0 aliphatic rings. The molecule has 3 rings (SSSR count). The largest absolute Gasteiger partial charge is 0.478 e. The molecule has 6 heteroatoms. The highest BCUT2D eigenvalue weighted by Crippen LogP contribution is 2.21. The average Bonchev–Trinajstić information content (AvgIpc) is 2.67. The molecular weight excluding hydrogens is 332 g/mol. The van der Waals surface area contributed by atoms with Crippen LogP contribution >= 0.6 is 0 Å². The van der Waals surface area contributed by atoms with E-state index >= 15 is 0 Å². The van der Waals surface area contributed by atoms with Crippen molar-refractivity contribution in [3.63, 3.8) is 0 Å². The number of hydrogen-bond donors (Lipinski definition) is 1. The van der Waals surface area contributed by atoms with E-state index in [4.69, 9.17) is 0 Å². The van der Waals surface area contributed by atoms with Crippen molar-refractivity contribution in [2.24, 2.45) is 0 Å². The summed E-state index contributed by atoms with van der Waals surface area (Å²) < 4.78 is 0. The van der Waals surface area contributed by atoms with Gasteiger partial charge in [-0.05, 0) is 22.8 Å². The Labute approximate surface area is 149 Å². The smallest absolute Gasteiger partial charge is 0.338 e. The average molecular weight is 346 g/mol. The zero-order valence-corrected chi connectivity index (χ0v) is 13.6. The van der Waals surface area contributed by atoms with E-state index in [9.17, 15) is 20.0 Å². The number of carbonyl (C=O) groups is 1. The number of carboxylic acid groups (broad SMARTS) is 1. The first kappa shape index (κ1) is 17.0. The molecule has 0 atom stereocenters. The Morgan fingerprint density at radius 1 is 1.00 bits per heavy atom. The fraction of sp³-hybridized carbons (Fsp3) is 0. The van der Waals surface area contributed by atoms with Gasteiger partial charge in [-0.25, -0.2) is 9.78 Å². The van der Waals surface area contributed by atoms with Crippen molar-refractivity contribution in [3.05, 3.63) is 93.8 Å². The number of aromatic carboxylic acids is 1. The molecule has 1 N–H and O–H groups in total. The second-order valence-electron chi connectivity index (χ2n) is 5.51. The molecule has 0 unspecified atom stereocenters. The maximum atomic E-state index is 11.3. The van der Waals surface area contributed by atoms with Crippen LogP contribution in [-0.4, -0.2) is 21.0 Å². The molecule has 0 bridgehead atoms. The summed E-state index contributed by atoms with van der Waals surface area (Å²) in [4.78, 5) is 25.3. The van der Waals surface area contributed by atoms with Crippen LogP contribution in [0.1, 0.15) is 21.6 Å². The van der Waals surface area contributed by atoms with E-state index < -0.39 is 10.9 Å².